The Labute approximate surface area is 201 Å². The molecule has 0 saturated carbocycles. The summed E-state index contributed by atoms with van der Waals surface area (Å²) in [6, 6.07) is 22.7. The van der Waals surface area contributed by atoms with Gasteiger partial charge in [0.05, 0.1) is 11.5 Å². The summed E-state index contributed by atoms with van der Waals surface area (Å²) in [7, 11) is 0. The molecule has 1 aromatic heterocycles. The Bertz CT molecular complexity index is 1290. The van der Waals surface area contributed by atoms with Crippen LogP contribution in [0, 0.1) is 15.9 Å². The highest BCUT2D eigenvalue weighted by Gasteiger charge is 2.32. The fourth-order valence-corrected chi connectivity index (χ4v) is 4.50. The molecule has 1 saturated heterocycles. The van der Waals surface area contributed by atoms with E-state index in [1.165, 1.54) is 18.2 Å². The van der Waals surface area contributed by atoms with Crippen LogP contribution in [0.25, 0.3) is 0 Å². The Kier molecular flexibility index (Phi) is 6.44. The number of hydrogen-bond acceptors (Lipinski definition) is 7. The quantitative estimate of drug-likeness (QED) is 0.299. The second-order valence-corrected chi connectivity index (χ2v) is 8.40. The summed E-state index contributed by atoms with van der Waals surface area (Å²) in [5.74, 6) is 0.285. The molecule has 0 spiro atoms. The van der Waals surface area contributed by atoms with E-state index in [9.17, 15) is 10.1 Å². The van der Waals surface area contributed by atoms with Crippen LogP contribution in [0.2, 0.25) is 0 Å². The standard InChI is InChI=1S/C25H24FN7O2/c26-23-9-5-4-8-22(23)24(25-27-28-29-32(25)18-19-6-2-1-3-7-19)31-16-14-30(15-17-31)20-10-12-21(13-11-20)33(34)35/h1-13,24H,14-18H2. The molecule has 178 valence electrons. The molecule has 1 aliphatic rings. The molecule has 3 aromatic carbocycles. The van der Waals surface area contributed by atoms with Gasteiger partial charge in [0.1, 0.15) is 11.9 Å². The molecule has 2 heterocycles. The SMILES string of the molecule is O=[N+]([O-])c1ccc(N2CCN(C(c3ccccc3F)c3nnnn3Cc3ccccc3)CC2)cc1. The van der Waals surface area contributed by atoms with E-state index in [-0.39, 0.29) is 11.5 Å². The summed E-state index contributed by atoms with van der Waals surface area (Å²) in [5.41, 5.74) is 2.57. The second-order valence-electron chi connectivity index (χ2n) is 8.40. The molecule has 0 radical (unpaired) electrons. The van der Waals surface area contributed by atoms with E-state index in [1.807, 2.05) is 36.4 Å². The van der Waals surface area contributed by atoms with Crippen LogP contribution in [0.3, 0.4) is 0 Å². The molecule has 35 heavy (non-hydrogen) atoms. The third kappa shape index (κ3) is 4.87. The zero-order chi connectivity index (χ0) is 24.2. The third-order valence-corrected chi connectivity index (χ3v) is 6.28. The smallest absolute Gasteiger partial charge is 0.269 e. The van der Waals surface area contributed by atoms with Gasteiger partial charge in [-0.25, -0.2) is 9.07 Å². The van der Waals surface area contributed by atoms with Crippen LogP contribution in [0.15, 0.2) is 78.9 Å². The Morgan fingerprint density at radius 3 is 2.29 bits per heavy atom. The fraction of sp³-hybridized carbons (Fsp3) is 0.240. The van der Waals surface area contributed by atoms with Crippen LogP contribution in [-0.4, -0.2) is 56.2 Å². The number of hydrogen-bond donors (Lipinski definition) is 0. The summed E-state index contributed by atoms with van der Waals surface area (Å²) in [6.07, 6.45) is 0. The largest absolute Gasteiger partial charge is 0.369 e. The molecule has 1 aliphatic heterocycles. The zero-order valence-corrected chi connectivity index (χ0v) is 18.9. The molecule has 10 heteroatoms. The van der Waals surface area contributed by atoms with Crippen molar-refractivity contribution in [3.8, 4) is 0 Å². The number of benzene rings is 3. The number of anilines is 1. The molecular weight excluding hydrogens is 449 g/mol. The number of tetrazole rings is 1. The van der Waals surface area contributed by atoms with E-state index in [0.29, 0.717) is 44.1 Å². The number of nitro groups is 1. The van der Waals surface area contributed by atoms with Crippen molar-refractivity contribution in [2.45, 2.75) is 12.6 Å². The van der Waals surface area contributed by atoms with Gasteiger partial charge in [-0.15, -0.1) is 5.10 Å². The Hall–Kier alpha value is -4.18. The minimum Gasteiger partial charge on any atom is -0.369 e. The van der Waals surface area contributed by atoms with Crippen molar-refractivity contribution in [3.63, 3.8) is 0 Å². The summed E-state index contributed by atoms with van der Waals surface area (Å²) in [6.45, 7) is 3.14. The maximum absolute atomic E-state index is 15.0. The molecular formula is C25H24FN7O2. The lowest BCUT2D eigenvalue weighted by molar-refractivity contribution is -0.384. The lowest BCUT2D eigenvalue weighted by Crippen LogP contribution is -2.48. The molecule has 0 N–H and O–H groups in total. The summed E-state index contributed by atoms with van der Waals surface area (Å²) in [5, 5.41) is 23.4. The first kappa shape index (κ1) is 22.6. The molecule has 0 bridgehead atoms. The number of nitrogens with zero attached hydrogens (tertiary/aromatic N) is 7. The summed E-state index contributed by atoms with van der Waals surface area (Å²) < 4.78 is 16.8. The minimum atomic E-state index is -0.450. The van der Waals surface area contributed by atoms with E-state index in [1.54, 1.807) is 28.9 Å². The molecule has 9 nitrogen and oxygen atoms in total. The Morgan fingerprint density at radius 1 is 0.914 bits per heavy atom. The van der Waals surface area contributed by atoms with Gasteiger partial charge in [0.15, 0.2) is 5.82 Å². The maximum atomic E-state index is 15.0. The molecule has 0 amide bonds. The number of rotatable bonds is 7. The monoisotopic (exact) mass is 473 g/mol. The highest BCUT2D eigenvalue weighted by atomic mass is 19.1. The van der Waals surface area contributed by atoms with E-state index < -0.39 is 11.0 Å². The Morgan fingerprint density at radius 2 is 1.60 bits per heavy atom. The van der Waals surface area contributed by atoms with Gasteiger partial charge in [-0.05, 0) is 34.2 Å². The second kappa shape index (κ2) is 9.98. The van der Waals surface area contributed by atoms with Crippen molar-refractivity contribution in [2.75, 3.05) is 31.1 Å². The lowest BCUT2D eigenvalue weighted by Gasteiger charge is -2.40. The number of non-ortho nitro benzene ring substituents is 1. The van der Waals surface area contributed by atoms with Crippen molar-refractivity contribution < 1.29 is 9.31 Å². The lowest BCUT2D eigenvalue weighted by atomic mass is 10.0. The minimum absolute atomic E-state index is 0.0669. The predicted octanol–water partition coefficient (Wildman–Crippen LogP) is 3.68. The highest BCUT2D eigenvalue weighted by molar-refractivity contribution is 5.51. The van der Waals surface area contributed by atoms with Crippen molar-refractivity contribution in [2.24, 2.45) is 0 Å². The molecule has 1 fully saturated rings. The van der Waals surface area contributed by atoms with E-state index in [0.717, 1.165) is 11.3 Å². The first-order valence-electron chi connectivity index (χ1n) is 11.4. The normalized spacial score (nSPS) is 15.2. The van der Waals surface area contributed by atoms with Gasteiger partial charge in [-0.1, -0.05) is 48.5 Å². The molecule has 4 aromatic rings. The van der Waals surface area contributed by atoms with Crippen LogP contribution in [0.1, 0.15) is 23.0 Å². The predicted molar refractivity (Wildman–Crippen MR) is 128 cm³/mol. The van der Waals surface area contributed by atoms with Crippen molar-refractivity contribution >= 4 is 11.4 Å². The van der Waals surface area contributed by atoms with E-state index in [4.69, 9.17) is 0 Å². The Balaban J connectivity index is 1.40. The topological polar surface area (TPSA) is 93.2 Å². The van der Waals surface area contributed by atoms with Gasteiger partial charge < -0.3 is 4.90 Å². The number of piperazine rings is 1. The van der Waals surface area contributed by atoms with Gasteiger partial charge in [0.2, 0.25) is 0 Å². The van der Waals surface area contributed by atoms with Gasteiger partial charge in [0.25, 0.3) is 5.69 Å². The number of aromatic nitrogens is 4. The molecule has 1 unspecified atom stereocenters. The summed E-state index contributed by atoms with van der Waals surface area (Å²) in [4.78, 5) is 14.9. The van der Waals surface area contributed by atoms with Gasteiger partial charge in [-0.2, -0.15) is 0 Å². The number of halogens is 1. The zero-order valence-electron chi connectivity index (χ0n) is 18.9. The molecule has 0 aliphatic carbocycles. The van der Waals surface area contributed by atoms with Gasteiger partial charge in [-0.3, -0.25) is 15.0 Å². The maximum Gasteiger partial charge on any atom is 0.269 e. The highest BCUT2D eigenvalue weighted by Crippen LogP contribution is 2.31. The van der Waals surface area contributed by atoms with E-state index >= 15 is 4.39 Å². The van der Waals surface area contributed by atoms with Crippen LogP contribution in [-0.2, 0) is 6.54 Å². The molecule has 1 atom stereocenters. The van der Waals surface area contributed by atoms with Crippen LogP contribution < -0.4 is 4.90 Å². The van der Waals surface area contributed by atoms with Crippen LogP contribution in [0.4, 0.5) is 15.8 Å². The van der Waals surface area contributed by atoms with Gasteiger partial charge >= 0.3 is 0 Å². The van der Waals surface area contributed by atoms with Crippen molar-refractivity contribution in [1.82, 2.24) is 25.1 Å². The van der Waals surface area contributed by atoms with Crippen molar-refractivity contribution in [3.05, 3.63) is 112 Å². The van der Waals surface area contributed by atoms with E-state index in [2.05, 4.69) is 25.3 Å². The van der Waals surface area contributed by atoms with Crippen molar-refractivity contribution in [1.29, 1.82) is 0 Å². The first-order chi connectivity index (χ1) is 17.1. The number of nitro benzene ring substituents is 1. The third-order valence-electron chi connectivity index (χ3n) is 6.28. The average Bonchev–Trinajstić information content (AvgIpc) is 3.34. The summed E-state index contributed by atoms with van der Waals surface area (Å²) >= 11 is 0. The average molecular weight is 474 g/mol. The molecule has 5 rings (SSSR count). The van der Waals surface area contributed by atoms with Crippen LogP contribution >= 0.6 is 0 Å². The van der Waals surface area contributed by atoms with Crippen LogP contribution in [0.5, 0.6) is 0 Å². The fourth-order valence-electron chi connectivity index (χ4n) is 4.50. The van der Waals surface area contributed by atoms with Gasteiger partial charge in [0, 0.05) is 49.6 Å². The first-order valence-corrected chi connectivity index (χ1v) is 11.4.